The maximum absolute atomic E-state index is 12.0. The minimum absolute atomic E-state index is 0.104. The molecule has 0 saturated heterocycles. The van der Waals surface area contributed by atoms with Gasteiger partial charge in [0.05, 0.1) is 0 Å². The van der Waals surface area contributed by atoms with Crippen molar-refractivity contribution in [2.24, 2.45) is 0 Å². The molecule has 1 atom stereocenters. The number of aromatic hydroxyl groups is 1. The average molecular weight is 249 g/mol. The Bertz CT molecular complexity index is 401. The molecule has 0 aliphatic rings. The van der Waals surface area contributed by atoms with Gasteiger partial charge in [0, 0.05) is 17.2 Å². The lowest BCUT2D eigenvalue weighted by molar-refractivity contribution is 0.0937. The van der Waals surface area contributed by atoms with Crippen molar-refractivity contribution in [3.63, 3.8) is 0 Å². The lowest BCUT2D eigenvalue weighted by Gasteiger charge is -2.15. The molecule has 2 N–H and O–H groups in total. The number of hydrogen-bond donors (Lipinski definition) is 2. The van der Waals surface area contributed by atoms with Crippen LogP contribution in [0.3, 0.4) is 0 Å². The quantitative estimate of drug-likeness (QED) is 0.759. The molecule has 0 fully saturated rings. The van der Waals surface area contributed by atoms with Gasteiger partial charge < -0.3 is 10.4 Å². The third-order valence-electron chi connectivity index (χ3n) is 3.17. The first kappa shape index (κ1) is 14.6. The summed E-state index contributed by atoms with van der Waals surface area (Å²) in [7, 11) is 0. The van der Waals surface area contributed by atoms with Crippen LogP contribution in [0.1, 0.15) is 55.5 Å². The van der Waals surface area contributed by atoms with Gasteiger partial charge in [-0.1, -0.05) is 32.3 Å². The number of nitrogens with one attached hydrogen (secondary N) is 1. The number of unbranched alkanes of at least 4 members (excludes halogenated alkanes) is 2. The molecule has 0 radical (unpaired) electrons. The van der Waals surface area contributed by atoms with Gasteiger partial charge in [-0.25, -0.2) is 0 Å². The van der Waals surface area contributed by atoms with E-state index in [-0.39, 0.29) is 17.7 Å². The van der Waals surface area contributed by atoms with Crippen LogP contribution in [-0.2, 0) is 0 Å². The first-order valence-corrected chi connectivity index (χ1v) is 6.65. The zero-order valence-electron chi connectivity index (χ0n) is 11.5. The van der Waals surface area contributed by atoms with Crippen molar-refractivity contribution >= 4 is 5.91 Å². The largest absolute Gasteiger partial charge is 0.508 e. The Balaban J connectivity index is 2.57. The van der Waals surface area contributed by atoms with E-state index in [0.29, 0.717) is 11.1 Å². The van der Waals surface area contributed by atoms with E-state index in [4.69, 9.17) is 0 Å². The highest BCUT2D eigenvalue weighted by molar-refractivity contribution is 5.96. The van der Waals surface area contributed by atoms with Crippen LogP contribution < -0.4 is 5.32 Å². The van der Waals surface area contributed by atoms with E-state index >= 15 is 0 Å². The van der Waals surface area contributed by atoms with Gasteiger partial charge in [0.25, 0.3) is 5.91 Å². The Morgan fingerprint density at radius 2 is 2.11 bits per heavy atom. The van der Waals surface area contributed by atoms with E-state index in [0.717, 1.165) is 12.8 Å². The van der Waals surface area contributed by atoms with Crippen LogP contribution in [0.15, 0.2) is 18.2 Å². The molecule has 0 saturated carbocycles. The van der Waals surface area contributed by atoms with Crippen LogP contribution in [0, 0.1) is 6.92 Å². The van der Waals surface area contributed by atoms with E-state index in [1.54, 1.807) is 25.1 Å². The first-order chi connectivity index (χ1) is 8.56. The number of carbonyl (C=O) groups excluding carboxylic acids is 1. The molecule has 1 aromatic rings. The van der Waals surface area contributed by atoms with Crippen molar-refractivity contribution in [1.82, 2.24) is 5.32 Å². The highest BCUT2D eigenvalue weighted by Gasteiger charge is 2.13. The summed E-state index contributed by atoms with van der Waals surface area (Å²) in [5.41, 5.74) is 1.19. The molecule has 0 bridgehead atoms. The molecular formula is C15H23NO2. The third kappa shape index (κ3) is 4.06. The summed E-state index contributed by atoms with van der Waals surface area (Å²) in [6.45, 7) is 5.94. The monoisotopic (exact) mass is 249 g/mol. The second kappa shape index (κ2) is 7.04. The summed E-state index contributed by atoms with van der Waals surface area (Å²) < 4.78 is 0. The Morgan fingerprint density at radius 3 is 2.78 bits per heavy atom. The number of phenolic OH excluding ortho intramolecular Hbond substituents is 1. The second-order valence-electron chi connectivity index (χ2n) is 4.82. The fourth-order valence-electron chi connectivity index (χ4n) is 1.94. The molecule has 0 spiro atoms. The summed E-state index contributed by atoms with van der Waals surface area (Å²) >= 11 is 0. The highest BCUT2D eigenvalue weighted by atomic mass is 16.3. The smallest absolute Gasteiger partial charge is 0.251 e. The summed E-state index contributed by atoms with van der Waals surface area (Å²) in [6.07, 6.45) is 4.52. The van der Waals surface area contributed by atoms with Gasteiger partial charge >= 0.3 is 0 Å². The molecule has 1 unspecified atom stereocenters. The van der Waals surface area contributed by atoms with Crippen molar-refractivity contribution in [2.45, 2.75) is 52.5 Å². The maximum Gasteiger partial charge on any atom is 0.251 e. The van der Waals surface area contributed by atoms with E-state index in [2.05, 4.69) is 12.2 Å². The van der Waals surface area contributed by atoms with Crippen LogP contribution in [0.4, 0.5) is 0 Å². The maximum atomic E-state index is 12.0. The summed E-state index contributed by atoms with van der Waals surface area (Å²) in [5.74, 6) is 0.0636. The SMILES string of the molecule is CCCCCC(C)NC(=O)c1cccc(O)c1C. The van der Waals surface area contributed by atoms with Crippen molar-refractivity contribution < 1.29 is 9.90 Å². The Kier molecular flexibility index (Phi) is 5.69. The van der Waals surface area contributed by atoms with Gasteiger partial charge in [0.1, 0.15) is 5.75 Å². The topological polar surface area (TPSA) is 49.3 Å². The number of benzene rings is 1. The molecular weight excluding hydrogens is 226 g/mol. The minimum Gasteiger partial charge on any atom is -0.508 e. The van der Waals surface area contributed by atoms with E-state index in [1.807, 2.05) is 6.92 Å². The first-order valence-electron chi connectivity index (χ1n) is 6.65. The predicted octanol–water partition coefficient (Wildman–Crippen LogP) is 3.40. The number of carbonyl (C=O) groups is 1. The lowest BCUT2D eigenvalue weighted by Crippen LogP contribution is -2.32. The molecule has 1 aromatic carbocycles. The van der Waals surface area contributed by atoms with Crippen LogP contribution in [0.25, 0.3) is 0 Å². The van der Waals surface area contributed by atoms with Crippen LogP contribution in [0.2, 0.25) is 0 Å². The van der Waals surface area contributed by atoms with Crippen molar-refractivity contribution in [3.8, 4) is 5.75 Å². The fraction of sp³-hybridized carbons (Fsp3) is 0.533. The average Bonchev–Trinajstić information content (AvgIpc) is 2.32. The van der Waals surface area contributed by atoms with Crippen LogP contribution in [-0.4, -0.2) is 17.1 Å². The van der Waals surface area contributed by atoms with E-state index < -0.39 is 0 Å². The highest BCUT2D eigenvalue weighted by Crippen LogP contribution is 2.19. The normalized spacial score (nSPS) is 12.2. The molecule has 100 valence electrons. The van der Waals surface area contributed by atoms with Gasteiger partial charge in [-0.15, -0.1) is 0 Å². The van der Waals surface area contributed by atoms with Gasteiger partial charge in [-0.05, 0) is 32.4 Å². The number of hydrogen-bond acceptors (Lipinski definition) is 2. The zero-order chi connectivity index (χ0) is 13.5. The fourth-order valence-corrected chi connectivity index (χ4v) is 1.94. The second-order valence-corrected chi connectivity index (χ2v) is 4.82. The van der Waals surface area contributed by atoms with Gasteiger partial charge in [-0.3, -0.25) is 4.79 Å². The van der Waals surface area contributed by atoms with Gasteiger partial charge in [0.15, 0.2) is 0 Å². The zero-order valence-corrected chi connectivity index (χ0v) is 11.5. The van der Waals surface area contributed by atoms with Crippen molar-refractivity contribution in [3.05, 3.63) is 29.3 Å². The van der Waals surface area contributed by atoms with E-state index in [9.17, 15) is 9.90 Å². The molecule has 3 nitrogen and oxygen atoms in total. The molecule has 1 rings (SSSR count). The van der Waals surface area contributed by atoms with Crippen molar-refractivity contribution in [2.75, 3.05) is 0 Å². The number of phenols is 1. The summed E-state index contributed by atoms with van der Waals surface area (Å²) in [6, 6.07) is 5.20. The Labute approximate surface area is 109 Å². The van der Waals surface area contributed by atoms with Crippen molar-refractivity contribution in [1.29, 1.82) is 0 Å². The third-order valence-corrected chi connectivity index (χ3v) is 3.17. The predicted molar refractivity (Wildman–Crippen MR) is 73.9 cm³/mol. The molecule has 1 amide bonds. The molecule has 0 aromatic heterocycles. The molecule has 0 aliphatic carbocycles. The summed E-state index contributed by atoms with van der Waals surface area (Å²) in [5, 5.41) is 12.5. The number of rotatable bonds is 6. The van der Waals surface area contributed by atoms with Crippen LogP contribution in [0.5, 0.6) is 5.75 Å². The molecule has 0 heterocycles. The molecule has 18 heavy (non-hydrogen) atoms. The summed E-state index contributed by atoms with van der Waals surface area (Å²) in [4.78, 5) is 12.0. The Hall–Kier alpha value is -1.51. The Morgan fingerprint density at radius 1 is 1.39 bits per heavy atom. The molecule has 0 aliphatic heterocycles. The minimum atomic E-state index is -0.104. The molecule has 3 heteroatoms. The van der Waals surface area contributed by atoms with Gasteiger partial charge in [-0.2, -0.15) is 0 Å². The van der Waals surface area contributed by atoms with Crippen LogP contribution >= 0.6 is 0 Å². The van der Waals surface area contributed by atoms with E-state index in [1.165, 1.54) is 12.8 Å². The lowest BCUT2D eigenvalue weighted by atomic mass is 10.1. The standard InChI is InChI=1S/C15H23NO2/c1-4-5-6-8-11(2)16-15(18)13-9-7-10-14(17)12(13)3/h7,9-11,17H,4-6,8H2,1-3H3,(H,16,18). The van der Waals surface area contributed by atoms with Gasteiger partial charge in [0.2, 0.25) is 0 Å². The number of amides is 1.